The first kappa shape index (κ1) is 139. The maximum absolute atomic E-state index is 11.4. The normalized spacial score (nSPS) is 10.6. The predicted molar refractivity (Wildman–Crippen MR) is 447 cm³/mol. The van der Waals surface area contributed by atoms with Gasteiger partial charge in [0.05, 0.1) is 6.61 Å². The number of hydrogen-bond donors (Lipinski definition) is 5. The van der Waals surface area contributed by atoms with Crippen LogP contribution in [0.25, 0.3) is 0 Å². The van der Waals surface area contributed by atoms with Crippen LogP contribution in [0.1, 0.15) is 273 Å². The number of aliphatic hydroxyl groups is 2. The Morgan fingerprint density at radius 3 is 1.05 bits per heavy atom. The van der Waals surface area contributed by atoms with Crippen molar-refractivity contribution >= 4 is 64.2 Å². The second kappa shape index (κ2) is 69.9. The minimum absolute atomic E-state index is 0. The molecule has 0 aliphatic heterocycles. The van der Waals surface area contributed by atoms with Gasteiger partial charge in [-0.25, -0.2) is 9.59 Å². The van der Waals surface area contributed by atoms with Gasteiger partial charge in [0, 0.05) is 87.4 Å². The average molecular weight is 1480 g/mol. The number of carbonyl (C=O) groups is 11. The van der Waals surface area contributed by atoms with Gasteiger partial charge in [-0.15, -0.1) is 12.8 Å². The van der Waals surface area contributed by atoms with Crippen molar-refractivity contribution in [1.82, 2.24) is 15.1 Å². The highest BCUT2D eigenvalue weighted by Crippen LogP contribution is 2.19. The van der Waals surface area contributed by atoms with Crippen LogP contribution in [0.4, 0.5) is 0 Å². The molecular weight excluding hydrogens is 1320 g/mol. The summed E-state index contributed by atoms with van der Waals surface area (Å²) in [5.41, 5.74) is 2.33. The zero-order valence-electron chi connectivity index (χ0n) is 65.1. The molecule has 0 fully saturated rings. The van der Waals surface area contributed by atoms with Gasteiger partial charge in [0.1, 0.15) is 6.61 Å². The molecule has 0 aliphatic carbocycles. The molecule has 19 nitrogen and oxygen atoms in total. The summed E-state index contributed by atoms with van der Waals surface area (Å²) in [6, 6.07) is 0. The maximum Gasteiger partial charge on any atom is 0.330 e. The van der Waals surface area contributed by atoms with E-state index in [4.69, 9.17) is 33.9 Å². The Bertz CT molecular complexity index is 2690. The monoisotopic (exact) mass is 1480 g/mol. The Hall–Kier alpha value is -7.47. The fourth-order valence-corrected chi connectivity index (χ4v) is 4.55. The van der Waals surface area contributed by atoms with E-state index >= 15 is 0 Å². The number of nitrogens with two attached hydrogens (primary N) is 1. The molecule has 6 N–H and O–H groups in total. The summed E-state index contributed by atoms with van der Waals surface area (Å²) in [5, 5.41) is 27.5. The smallest absolute Gasteiger partial charge is 0.330 e. The number of carbonyl (C=O) groups excluding carboxylic acids is 10. The van der Waals surface area contributed by atoms with E-state index in [0.717, 1.165) is 37.7 Å². The number of terminal acetylenes is 2. The van der Waals surface area contributed by atoms with Crippen molar-refractivity contribution in [2.75, 3.05) is 53.6 Å². The van der Waals surface area contributed by atoms with Crippen LogP contribution < -0.4 is 11.1 Å². The molecule has 0 unspecified atom stereocenters. The molecule has 0 aromatic carbocycles. The second-order valence-corrected chi connectivity index (χ2v) is 30.5. The van der Waals surface area contributed by atoms with E-state index in [2.05, 4.69) is 41.3 Å². The SMILES string of the molecule is C.C.C.C.C.C.C.C.C#CC(=O)C(C)(C)C.C#CC(=O)NC(C)(C)C.C=CC(=O)N(CCC)C(C)(C)C.CC(C)(C)C(=O)/C=C/C(=O)O.CC(C)(C)C(=O)/C=C/CCO.CC(C)(C)C(=O)/C=C/CN.CC(C)(C)C(=O)C#CCO.CCOC(=O)/C=C/C(=O)C(C)(C)C.CN(C)C/C=C/C(=O)C(C)(C)C. The highest BCUT2D eigenvalue weighted by Gasteiger charge is 2.25. The minimum atomic E-state index is -1.09. The first-order chi connectivity index (χ1) is 42.9. The van der Waals surface area contributed by atoms with Gasteiger partial charge in [-0.05, 0) is 130 Å². The molecule has 0 aliphatic rings. The number of rotatable bonds is 16. The zero-order valence-corrected chi connectivity index (χ0v) is 65.1. The van der Waals surface area contributed by atoms with E-state index < -0.39 is 28.2 Å². The van der Waals surface area contributed by atoms with Crippen LogP contribution in [-0.2, 0) is 57.5 Å². The number of carboxylic acid groups (broad SMARTS) is 1. The van der Waals surface area contributed by atoms with Gasteiger partial charge in [0.15, 0.2) is 28.9 Å². The molecule has 0 aromatic heterocycles. The molecule has 0 spiro atoms. The summed E-state index contributed by atoms with van der Waals surface area (Å²) in [4.78, 5) is 124. The van der Waals surface area contributed by atoms with Crippen molar-refractivity contribution in [3.8, 4) is 36.5 Å². The molecular formula is C85H162N4O15. The van der Waals surface area contributed by atoms with Gasteiger partial charge in [-0.1, -0.05) is 242 Å². The number of nitrogens with zero attached hydrogens (tertiary/aromatic N) is 2. The Labute approximate surface area is 640 Å². The number of esters is 1. The van der Waals surface area contributed by atoms with Gasteiger partial charge in [0.2, 0.25) is 17.5 Å². The van der Waals surface area contributed by atoms with Crippen LogP contribution in [-0.4, -0.2) is 154 Å². The second-order valence-electron chi connectivity index (χ2n) is 30.5. The zero-order chi connectivity index (χ0) is 78.7. The van der Waals surface area contributed by atoms with Crippen molar-refractivity contribution in [3.05, 3.63) is 73.4 Å². The topological polar surface area (TPSA) is 302 Å². The van der Waals surface area contributed by atoms with Crippen molar-refractivity contribution in [1.29, 1.82) is 0 Å². The summed E-state index contributed by atoms with van der Waals surface area (Å²) in [6.45, 7) is 59.7. The number of nitrogens with one attached hydrogen (secondary N) is 1. The van der Waals surface area contributed by atoms with Gasteiger partial charge < -0.3 is 40.9 Å². The van der Waals surface area contributed by atoms with E-state index in [1.54, 1.807) is 114 Å². The Morgan fingerprint density at radius 2 is 0.827 bits per heavy atom. The molecule has 2 amide bonds. The number of ether oxygens (including phenoxy) is 1. The molecule has 612 valence electrons. The summed E-state index contributed by atoms with van der Waals surface area (Å²) in [5.74, 6) is 6.64. The third-order valence-electron chi connectivity index (χ3n) is 10.5. The Kier molecular flexibility index (Phi) is 93.6. The van der Waals surface area contributed by atoms with E-state index in [9.17, 15) is 52.7 Å². The molecule has 0 saturated carbocycles. The first-order valence-electron chi connectivity index (χ1n) is 31.7. The molecule has 104 heavy (non-hydrogen) atoms. The van der Waals surface area contributed by atoms with Crippen LogP contribution >= 0.6 is 0 Å². The van der Waals surface area contributed by atoms with Crippen molar-refractivity contribution in [2.24, 2.45) is 43.6 Å². The van der Waals surface area contributed by atoms with Crippen LogP contribution in [0.2, 0.25) is 0 Å². The summed E-state index contributed by atoms with van der Waals surface area (Å²) in [6.07, 6.45) is 27.0. The summed E-state index contributed by atoms with van der Waals surface area (Å²) >= 11 is 0. The van der Waals surface area contributed by atoms with Crippen molar-refractivity contribution < 1.29 is 72.8 Å². The molecule has 0 rings (SSSR count). The third-order valence-corrected chi connectivity index (χ3v) is 10.5. The standard InChI is InChI=1S/2C10H19NO.C10H16O3.C9H16O2.C8H15NO.C8H12O3.C8H12O2.C7H11NO.C7H10O.8CH4/c1-10(2,3)9(12)7-6-8-11(4)5;1-6-8-11(9(12)7-2)10(3,4)5;1-5-13-9(12)7-6-8(11)10(2,3)4;1-9(2,3)8(11)6-4-5-7-10;1-8(2,3)7(10)5-4-6-9;1-8(2,3)6(9)4-5-7(10)11;1-8(2,3)7(10)5-4-6-9;1-5-6(9)8-7(2,3)4;1-5-6(8)7(2,3)4;;;;;;;;/h6-7H,8H2,1-5H3;7H,2,6,8H2,1,3-5H3;6-7H,5H2,1-4H3;4,6,10H,5,7H2,1-3H3;4-5H,6,9H2,1-3H3;4-5H,1-3H3,(H,10,11);9H,6H2,1-3H3;1H,2-4H3,(H,8,9);1H,2-4H3;8*1H4/b7-6+;;7-6+;6-4+;2*5-4+;;;;;;;;;;;. The number of Topliss-reactive ketones (excluding diaryl/α,β-unsaturated/α-hetero) is 2. The third kappa shape index (κ3) is 101. The van der Waals surface area contributed by atoms with E-state index in [-0.39, 0.29) is 158 Å². The number of allylic oxidation sites excluding steroid dienone is 5. The lowest BCUT2D eigenvalue weighted by molar-refractivity contribution is -0.137. The molecule has 0 aromatic rings. The van der Waals surface area contributed by atoms with Crippen LogP contribution in [0.5, 0.6) is 0 Å². The number of aliphatic carboxylic acids is 1. The molecule has 0 radical (unpaired) electrons. The van der Waals surface area contributed by atoms with Gasteiger partial charge in [-0.2, -0.15) is 0 Å². The fraction of sp³-hybridized carbons (Fsp3) is 0.659. The van der Waals surface area contributed by atoms with Gasteiger partial charge in [0.25, 0.3) is 5.91 Å². The predicted octanol–water partition coefficient (Wildman–Crippen LogP) is 17.0. The highest BCUT2D eigenvalue weighted by atomic mass is 16.5. The number of likely N-dealkylation sites (N-methyl/N-ethyl adjacent to an activating group) is 1. The Balaban J connectivity index is -0.0000000542. The highest BCUT2D eigenvalue weighted by molar-refractivity contribution is 6.01. The van der Waals surface area contributed by atoms with Gasteiger partial charge >= 0.3 is 11.9 Å². The van der Waals surface area contributed by atoms with E-state index in [1.165, 1.54) is 18.2 Å². The van der Waals surface area contributed by atoms with Crippen LogP contribution in [0.15, 0.2) is 73.4 Å². The number of amides is 2. The Morgan fingerprint density at radius 1 is 0.490 bits per heavy atom. The summed E-state index contributed by atoms with van der Waals surface area (Å²) < 4.78 is 4.63. The van der Waals surface area contributed by atoms with E-state index in [0.29, 0.717) is 19.6 Å². The van der Waals surface area contributed by atoms with Gasteiger partial charge in [-0.3, -0.25) is 43.2 Å². The average Bonchev–Trinajstić information content (AvgIpc) is 0.871. The molecule has 0 saturated heterocycles. The number of ketones is 7. The van der Waals surface area contributed by atoms with E-state index in [1.807, 2.05) is 140 Å². The minimum Gasteiger partial charge on any atom is -0.478 e. The number of carboxylic acids is 1. The fourth-order valence-electron chi connectivity index (χ4n) is 4.55. The molecule has 0 atom stereocenters. The summed E-state index contributed by atoms with van der Waals surface area (Å²) in [7, 11) is 3.96. The maximum atomic E-state index is 11.4. The number of aliphatic hydroxyl groups excluding tert-OH is 2. The molecule has 0 bridgehead atoms. The first-order valence-corrected chi connectivity index (χ1v) is 31.7. The molecule has 0 heterocycles. The lowest BCUT2D eigenvalue weighted by Gasteiger charge is -2.34. The lowest BCUT2D eigenvalue weighted by atomic mass is 9.90. The largest absolute Gasteiger partial charge is 0.478 e. The molecule has 19 heteroatoms. The van der Waals surface area contributed by atoms with Crippen LogP contribution in [0.3, 0.4) is 0 Å². The van der Waals surface area contributed by atoms with Crippen LogP contribution in [0, 0.1) is 74.4 Å². The lowest BCUT2D eigenvalue weighted by Crippen LogP contribution is -2.45. The number of hydrogen-bond acceptors (Lipinski definition) is 16. The quantitative estimate of drug-likeness (QED) is 0.0415. The van der Waals surface area contributed by atoms with Crippen molar-refractivity contribution in [2.45, 2.75) is 284 Å². The van der Waals surface area contributed by atoms with Crippen molar-refractivity contribution in [3.63, 3.8) is 0 Å².